The summed E-state index contributed by atoms with van der Waals surface area (Å²) in [4.78, 5) is 37.2. The maximum Gasteiger partial charge on any atom is 0.263 e. The van der Waals surface area contributed by atoms with Gasteiger partial charge in [-0.15, -0.1) is 17.9 Å². The van der Waals surface area contributed by atoms with Crippen LogP contribution in [-0.2, 0) is 24.2 Å². The lowest BCUT2D eigenvalue weighted by atomic mass is 9.89. The number of hydrogen-bond donors (Lipinski definition) is 1. The molecule has 1 aliphatic carbocycles. The van der Waals surface area contributed by atoms with Crippen molar-refractivity contribution in [2.24, 2.45) is 5.92 Å². The fourth-order valence-electron chi connectivity index (χ4n) is 4.07. The van der Waals surface area contributed by atoms with Gasteiger partial charge in [0, 0.05) is 17.0 Å². The summed E-state index contributed by atoms with van der Waals surface area (Å²) in [5.41, 5.74) is 2.06. The molecule has 174 valence electrons. The number of rotatable bonds is 7. The van der Waals surface area contributed by atoms with Gasteiger partial charge < -0.3 is 0 Å². The summed E-state index contributed by atoms with van der Waals surface area (Å²) in [5, 5.41) is 4.75. The number of hydrogen-bond acceptors (Lipinski definition) is 8. The second-order valence-electron chi connectivity index (χ2n) is 8.26. The van der Waals surface area contributed by atoms with Crippen molar-refractivity contribution in [1.82, 2.24) is 18.9 Å². The zero-order valence-corrected chi connectivity index (χ0v) is 21.1. The van der Waals surface area contributed by atoms with E-state index in [0.717, 1.165) is 45.6 Å². The number of fused-ring (bicyclic) bond motifs is 3. The number of anilines is 1. The lowest BCUT2D eigenvalue weighted by molar-refractivity contribution is -0.113. The van der Waals surface area contributed by atoms with Crippen LogP contribution in [0, 0.1) is 5.92 Å². The van der Waals surface area contributed by atoms with Gasteiger partial charge in [-0.25, -0.2) is 4.98 Å². The van der Waals surface area contributed by atoms with Crippen LogP contribution in [0.25, 0.3) is 20.8 Å². The van der Waals surface area contributed by atoms with Gasteiger partial charge in [-0.1, -0.05) is 55.1 Å². The second-order valence-corrected chi connectivity index (χ2v) is 11.0. The predicted molar refractivity (Wildman–Crippen MR) is 140 cm³/mol. The Hall–Kier alpha value is -2.82. The first kappa shape index (κ1) is 22.9. The molecule has 7 nitrogen and oxygen atoms in total. The number of thioether (sulfide) groups is 1. The Morgan fingerprint density at radius 3 is 2.94 bits per heavy atom. The van der Waals surface area contributed by atoms with E-state index in [-0.39, 0.29) is 23.2 Å². The number of nitrogens with zero attached hydrogens (tertiary/aromatic N) is 4. The summed E-state index contributed by atoms with van der Waals surface area (Å²) in [6, 6.07) is 9.71. The smallest absolute Gasteiger partial charge is 0.263 e. The molecule has 1 aliphatic rings. The molecule has 5 rings (SSSR count). The number of nitrogens with one attached hydrogen (secondary N) is 1. The average Bonchev–Trinajstić information content (AvgIpc) is 3.44. The van der Waals surface area contributed by atoms with E-state index in [1.807, 2.05) is 30.3 Å². The van der Waals surface area contributed by atoms with E-state index in [4.69, 9.17) is 4.98 Å². The van der Waals surface area contributed by atoms with Crippen LogP contribution < -0.4 is 10.9 Å². The highest BCUT2D eigenvalue weighted by Gasteiger charge is 2.24. The third-order valence-electron chi connectivity index (χ3n) is 5.72. The highest BCUT2D eigenvalue weighted by atomic mass is 32.2. The quantitative estimate of drug-likeness (QED) is 0.214. The largest absolute Gasteiger partial charge is 0.293 e. The van der Waals surface area contributed by atoms with Crippen molar-refractivity contribution in [2.75, 3.05) is 11.1 Å². The Morgan fingerprint density at radius 2 is 2.15 bits per heavy atom. The van der Waals surface area contributed by atoms with E-state index in [1.54, 1.807) is 22.0 Å². The number of amides is 1. The highest BCUT2D eigenvalue weighted by molar-refractivity contribution is 7.99. The number of aryl methyl sites for hydroxylation is 1. The van der Waals surface area contributed by atoms with Gasteiger partial charge in [0.25, 0.3) is 5.56 Å². The summed E-state index contributed by atoms with van der Waals surface area (Å²) in [5.74, 6) is 0.745. The van der Waals surface area contributed by atoms with Crippen molar-refractivity contribution >= 4 is 56.7 Å². The molecule has 1 aromatic carbocycles. The molecule has 4 aromatic rings. The molecule has 0 fully saturated rings. The minimum absolute atomic E-state index is 0.0477. The van der Waals surface area contributed by atoms with Crippen LogP contribution in [0.1, 0.15) is 23.8 Å². The van der Waals surface area contributed by atoms with Gasteiger partial charge in [0.05, 0.1) is 11.1 Å². The summed E-state index contributed by atoms with van der Waals surface area (Å²) >= 11 is 4.09. The standard InChI is InChI=1S/C24H23N5O2S3/c1-3-11-29-22(31)19-16-10-9-14(2)12-17(16)33-21(19)27-24(29)32-13-18(30)25-23-26-20(34-28-23)15-7-5-4-6-8-15/h3-8,14H,1,9-13H2,2H3,(H,25,28,30). The van der Waals surface area contributed by atoms with Crippen LogP contribution in [0.4, 0.5) is 5.95 Å². The summed E-state index contributed by atoms with van der Waals surface area (Å²) in [6.07, 6.45) is 4.69. The molecule has 1 atom stereocenters. The number of carbonyl (C=O) groups excluding carboxylic acids is 1. The van der Waals surface area contributed by atoms with Crippen molar-refractivity contribution in [3.63, 3.8) is 0 Å². The Morgan fingerprint density at radius 1 is 1.32 bits per heavy atom. The average molecular weight is 510 g/mol. The summed E-state index contributed by atoms with van der Waals surface area (Å²) < 4.78 is 5.86. The number of allylic oxidation sites excluding steroid dienone is 1. The summed E-state index contributed by atoms with van der Waals surface area (Å²) in [6.45, 7) is 6.39. The van der Waals surface area contributed by atoms with Crippen molar-refractivity contribution in [1.29, 1.82) is 0 Å². The topological polar surface area (TPSA) is 89.8 Å². The molecule has 3 heterocycles. The van der Waals surface area contributed by atoms with E-state index < -0.39 is 0 Å². The Balaban J connectivity index is 1.35. The second kappa shape index (κ2) is 9.81. The van der Waals surface area contributed by atoms with Gasteiger partial charge in [0.1, 0.15) is 9.84 Å². The number of aromatic nitrogens is 4. The highest BCUT2D eigenvalue weighted by Crippen LogP contribution is 2.36. The van der Waals surface area contributed by atoms with E-state index in [0.29, 0.717) is 17.6 Å². The molecule has 1 amide bonds. The lowest BCUT2D eigenvalue weighted by Gasteiger charge is -2.17. The normalized spacial score (nSPS) is 15.3. The monoisotopic (exact) mass is 509 g/mol. The molecule has 0 saturated heterocycles. The zero-order valence-electron chi connectivity index (χ0n) is 18.6. The van der Waals surface area contributed by atoms with Gasteiger partial charge in [-0.3, -0.25) is 19.5 Å². The number of thiophene rings is 1. The lowest BCUT2D eigenvalue weighted by Crippen LogP contribution is -2.24. The minimum Gasteiger partial charge on any atom is -0.293 e. The van der Waals surface area contributed by atoms with Crippen LogP contribution >= 0.6 is 34.6 Å². The zero-order chi connectivity index (χ0) is 23.7. The van der Waals surface area contributed by atoms with Crippen LogP contribution in [0.5, 0.6) is 0 Å². The third-order valence-corrected chi connectivity index (χ3v) is 8.61. The molecular formula is C24H23N5O2S3. The molecular weight excluding hydrogens is 486 g/mol. The molecule has 0 spiro atoms. The van der Waals surface area contributed by atoms with Crippen molar-refractivity contribution < 1.29 is 4.79 Å². The molecule has 34 heavy (non-hydrogen) atoms. The Bertz CT molecular complexity index is 1420. The molecule has 0 aliphatic heterocycles. The van der Waals surface area contributed by atoms with Crippen molar-refractivity contribution in [3.8, 4) is 10.6 Å². The first-order chi connectivity index (χ1) is 16.5. The van der Waals surface area contributed by atoms with Crippen LogP contribution in [0.15, 0.2) is 52.9 Å². The third kappa shape index (κ3) is 4.57. The molecule has 10 heteroatoms. The Kier molecular flexibility index (Phi) is 6.62. The van der Waals surface area contributed by atoms with Gasteiger partial charge >= 0.3 is 0 Å². The van der Waals surface area contributed by atoms with E-state index in [2.05, 4.69) is 28.2 Å². The first-order valence-electron chi connectivity index (χ1n) is 11.0. The van der Waals surface area contributed by atoms with Gasteiger partial charge in [0.2, 0.25) is 11.9 Å². The van der Waals surface area contributed by atoms with Gasteiger partial charge in [-0.2, -0.15) is 9.36 Å². The van der Waals surface area contributed by atoms with Crippen LogP contribution in [0.2, 0.25) is 0 Å². The maximum atomic E-state index is 13.4. The first-order valence-corrected chi connectivity index (χ1v) is 13.6. The fraction of sp³-hybridized carbons (Fsp3) is 0.292. The molecule has 0 bridgehead atoms. The summed E-state index contributed by atoms with van der Waals surface area (Å²) in [7, 11) is 0. The van der Waals surface area contributed by atoms with Crippen LogP contribution in [0.3, 0.4) is 0 Å². The van der Waals surface area contributed by atoms with Crippen molar-refractivity contribution in [2.45, 2.75) is 37.9 Å². The molecule has 1 unspecified atom stereocenters. The SMILES string of the molecule is C=CCn1c(SCC(=O)Nc2nsc(-c3ccccc3)n2)nc2sc3c(c2c1=O)CCC(C)C3. The van der Waals surface area contributed by atoms with E-state index in [9.17, 15) is 9.59 Å². The van der Waals surface area contributed by atoms with Crippen molar-refractivity contribution in [3.05, 3.63) is 63.8 Å². The molecule has 0 radical (unpaired) electrons. The van der Waals surface area contributed by atoms with Crippen LogP contribution in [-0.4, -0.2) is 30.6 Å². The molecule has 3 aromatic heterocycles. The van der Waals surface area contributed by atoms with Gasteiger partial charge in [-0.05, 0) is 42.3 Å². The fourth-order valence-corrected chi connectivity index (χ4v) is 6.93. The molecule has 1 N–H and O–H groups in total. The van der Waals surface area contributed by atoms with E-state index >= 15 is 0 Å². The number of carbonyl (C=O) groups is 1. The predicted octanol–water partition coefficient (Wildman–Crippen LogP) is 5.02. The maximum absolute atomic E-state index is 13.4. The molecule has 0 saturated carbocycles. The Labute approximate surface area is 209 Å². The minimum atomic E-state index is -0.249. The van der Waals surface area contributed by atoms with E-state index in [1.165, 1.54) is 28.2 Å². The number of benzene rings is 1. The van der Waals surface area contributed by atoms with Gasteiger partial charge in [0.15, 0.2) is 5.16 Å².